The maximum absolute atomic E-state index is 12.5. The smallest absolute Gasteiger partial charge is 0.236 e. The second-order valence-electron chi connectivity index (χ2n) is 7.31. The first-order valence-electron chi connectivity index (χ1n) is 10.1. The molecule has 160 valence electrons. The summed E-state index contributed by atoms with van der Waals surface area (Å²) >= 11 is 0. The molecule has 2 aromatic carbocycles. The van der Waals surface area contributed by atoms with Crippen molar-refractivity contribution in [3.05, 3.63) is 71.1 Å². The SMILES string of the molecule is Cc1cccc(OCCCC(=O)N2CCN(S(=O)(=O)C=Cc3ccccc3)CC2)c1. The molecule has 0 saturated carbocycles. The molecule has 0 bridgehead atoms. The molecule has 1 saturated heterocycles. The molecular formula is C23H28N2O4S. The van der Waals surface area contributed by atoms with Gasteiger partial charge in [0.2, 0.25) is 15.9 Å². The number of benzene rings is 2. The highest BCUT2D eigenvalue weighted by atomic mass is 32.2. The normalized spacial score (nSPS) is 15.4. The molecule has 2 aromatic rings. The Hall–Kier alpha value is -2.64. The van der Waals surface area contributed by atoms with Gasteiger partial charge < -0.3 is 9.64 Å². The summed E-state index contributed by atoms with van der Waals surface area (Å²) in [6.07, 6.45) is 2.62. The van der Waals surface area contributed by atoms with Crippen LogP contribution in [0.5, 0.6) is 5.75 Å². The monoisotopic (exact) mass is 428 g/mol. The average Bonchev–Trinajstić information content (AvgIpc) is 2.76. The highest BCUT2D eigenvalue weighted by Gasteiger charge is 2.27. The maximum Gasteiger partial charge on any atom is 0.236 e. The van der Waals surface area contributed by atoms with Gasteiger partial charge in [-0.1, -0.05) is 42.5 Å². The zero-order chi connectivity index (χ0) is 21.4. The molecule has 0 radical (unpaired) electrons. The van der Waals surface area contributed by atoms with Crippen molar-refractivity contribution in [1.82, 2.24) is 9.21 Å². The second kappa shape index (κ2) is 10.4. The molecule has 1 amide bonds. The van der Waals surface area contributed by atoms with E-state index in [1.54, 1.807) is 11.0 Å². The van der Waals surface area contributed by atoms with Crippen LogP contribution < -0.4 is 4.74 Å². The molecule has 3 rings (SSSR count). The molecule has 1 heterocycles. The topological polar surface area (TPSA) is 66.9 Å². The predicted octanol–water partition coefficient (Wildman–Crippen LogP) is 3.30. The molecule has 0 unspecified atom stereocenters. The number of rotatable bonds is 8. The third kappa shape index (κ3) is 6.43. The van der Waals surface area contributed by atoms with Crippen LogP contribution in [-0.2, 0) is 14.8 Å². The fraction of sp³-hybridized carbons (Fsp3) is 0.348. The number of amides is 1. The van der Waals surface area contributed by atoms with E-state index in [9.17, 15) is 13.2 Å². The van der Waals surface area contributed by atoms with Crippen molar-refractivity contribution in [3.8, 4) is 5.75 Å². The van der Waals surface area contributed by atoms with E-state index in [0.29, 0.717) is 45.6 Å². The molecule has 0 spiro atoms. The second-order valence-corrected chi connectivity index (χ2v) is 9.13. The molecule has 0 aliphatic carbocycles. The number of carbonyl (C=O) groups excluding carboxylic acids is 1. The predicted molar refractivity (Wildman–Crippen MR) is 118 cm³/mol. The minimum atomic E-state index is -3.49. The van der Waals surface area contributed by atoms with Crippen molar-refractivity contribution in [2.24, 2.45) is 0 Å². The molecule has 1 fully saturated rings. The lowest BCUT2D eigenvalue weighted by Gasteiger charge is -2.33. The molecule has 6 nitrogen and oxygen atoms in total. The van der Waals surface area contributed by atoms with Crippen LogP contribution >= 0.6 is 0 Å². The van der Waals surface area contributed by atoms with Gasteiger partial charge in [-0.25, -0.2) is 8.42 Å². The summed E-state index contributed by atoms with van der Waals surface area (Å²) in [4.78, 5) is 14.2. The molecular weight excluding hydrogens is 400 g/mol. The first-order valence-corrected chi connectivity index (χ1v) is 11.6. The van der Waals surface area contributed by atoms with Gasteiger partial charge in [0.05, 0.1) is 6.61 Å². The van der Waals surface area contributed by atoms with E-state index in [0.717, 1.165) is 16.9 Å². The molecule has 0 N–H and O–H groups in total. The average molecular weight is 429 g/mol. The Kier molecular flexibility index (Phi) is 7.65. The van der Waals surface area contributed by atoms with Crippen molar-refractivity contribution in [3.63, 3.8) is 0 Å². The van der Waals surface area contributed by atoms with Gasteiger partial charge in [-0.15, -0.1) is 0 Å². The summed E-state index contributed by atoms with van der Waals surface area (Å²) in [7, 11) is -3.49. The van der Waals surface area contributed by atoms with Crippen LogP contribution in [0.2, 0.25) is 0 Å². The van der Waals surface area contributed by atoms with Crippen LogP contribution in [0.4, 0.5) is 0 Å². The molecule has 0 aromatic heterocycles. The van der Waals surface area contributed by atoms with Crippen molar-refractivity contribution in [2.75, 3.05) is 32.8 Å². The van der Waals surface area contributed by atoms with E-state index in [-0.39, 0.29) is 5.91 Å². The highest BCUT2D eigenvalue weighted by molar-refractivity contribution is 7.92. The number of sulfonamides is 1. The quantitative estimate of drug-likeness (QED) is 0.605. The summed E-state index contributed by atoms with van der Waals surface area (Å²) < 4.78 is 32.2. The Morgan fingerprint density at radius 1 is 1.03 bits per heavy atom. The van der Waals surface area contributed by atoms with Gasteiger partial charge in [-0.2, -0.15) is 4.31 Å². The fourth-order valence-electron chi connectivity index (χ4n) is 3.28. The largest absolute Gasteiger partial charge is 0.494 e. The standard InChI is InChI=1S/C23H28N2O4S/c1-20-7-5-10-22(19-20)29-17-6-11-23(26)24-13-15-25(16-14-24)30(27,28)18-12-21-8-3-2-4-9-21/h2-5,7-10,12,18-19H,6,11,13-17H2,1H3. The number of aryl methyl sites for hydroxylation is 1. The number of nitrogens with zero attached hydrogens (tertiary/aromatic N) is 2. The Balaban J connectivity index is 1.41. The number of hydrogen-bond acceptors (Lipinski definition) is 4. The summed E-state index contributed by atoms with van der Waals surface area (Å²) in [5.41, 5.74) is 1.97. The van der Waals surface area contributed by atoms with Crippen molar-refractivity contribution in [2.45, 2.75) is 19.8 Å². The third-order valence-corrected chi connectivity index (χ3v) is 6.54. The molecule has 1 aliphatic heterocycles. The van der Waals surface area contributed by atoms with E-state index in [4.69, 9.17) is 4.74 Å². The maximum atomic E-state index is 12.5. The van der Waals surface area contributed by atoms with Crippen LogP contribution in [0.25, 0.3) is 6.08 Å². The lowest BCUT2D eigenvalue weighted by atomic mass is 10.2. The van der Waals surface area contributed by atoms with Crippen LogP contribution in [0.15, 0.2) is 60.0 Å². The molecule has 1 aliphatic rings. The van der Waals surface area contributed by atoms with Crippen LogP contribution in [0.1, 0.15) is 24.0 Å². The van der Waals surface area contributed by atoms with Crippen LogP contribution in [0, 0.1) is 6.92 Å². The van der Waals surface area contributed by atoms with Crippen molar-refractivity contribution in [1.29, 1.82) is 0 Å². The van der Waals surface area contributed by atoms with Gasteiger partial charge in [0, 0.05) is 38.0 Å². The third-order valence-electron chi connectivity index (χ3n) is 4.98. The van der Waals surface area contributed by atoms with Crippen LogP contribution in [0.3, 0.4) is 0 Å². The van der Waals surface area contributed by atoms with Gasteiger partial charge in [0.1, 0.15) is 5.75 Å². The summed E-state index contributed by atoms with van der Waals surface area (Å²) in [5, 5.41) is 1.24. The fourth-order valence-corrected chi connectivity index (χ4v) is 4.46. The Morgan fingerprint density at radius 2 is 1.77 bits per heavy atom. The van der Waals surface area contributed by atoms with E-state index < -0.39 is 10.0 Å². The van der Waals surface area contributed by atoms with E-state index >= 15 is 0 Å². The Morgan fingerprint density at radius 3 is 2.47 bits per heavy atom. The van der Waals surface area contributed by atoms with E-state index in [2.05, 4.69) is 0 Å². The Bertz CT molecular complexity index is 966. The van der Waals surface area contributed by atoms with E-state index in [1.807, 2.05) is 61.5 Å². The summed E-state index contributed by atoms with van der Waals surface area (Å²) in [6, 6.07) is 17.1. The summed E-state index contributed by atoms with van der Waals surface area (Å²) in [5.74, 6) is 0.851. The molecule has 0 atom stereocenters. The molecule has 7 heteroatoms. The van der Waals surface area contributed by atoms with Gasteiger partial charge >= 0.3 is 0 Å². The van der Waals surface area contributed by atoms with Crippen molar-refractivity contribution < 1.29 is 17.9 Å². The number of piperazine rings is 1. The Labute approximate surface area is 178 Å². The zero-order valence-corrected chi connectivity index (χ0v) is 18.1. The van der Waals surface area contributed by atoms with Crippen LogP contribution in [-0.4, -0.2) is 56.3 Å². The van der Waals surface area contributed by atoms with E-state index in [1.165, 1.54) is 9.71 Å². The highest BCUT2D eigenvalue weighted by Crippen LogP contribution is 2.14. The first kappa shape index (κ1) is 22.1. The van der Waals surface area contributed by atoms with Gasteiger partial charge in [0.25, 0.3) is 0 Å². The zero-order valence-electron chi connectivity index (χ0n) is 17.2. The number of ether oxygens (including phenoxy) is 1. The lowest BCUT2D eigenvalue weighted by molar-refractivity contribution is -0.132. The van der Waals surface area contributed by atoms with Crippen molar-refractivity contribution >= 4 is 22.0 Å². The minimum absolute atomic E-state index is 0.0414. The number of carbonyl (C=O) groups is 1. The molecule has 30 heavy (non-hydrogen) atoms. The minimum Gasteiger partial charge on any atom is -0.494 e. The first-order chi connectivity index (χ1) is 14.4. The summed E-state index contributed by atoms with van der Waals surface area (Å²) in [6.45, 7) is 3.94. The van der Waals surface area contributed by atoms with Gasteiger partial charge in [0.15, 0.2) is 0 Å². The number of hydrogen-bond donors (Lipinski definition) is 0. The van der Waals surface area contributed by atoms with Gasteiger partial charge in [-0.05, 0) is 42.7 Å². The van der Waals surface area contributed by atoms with Gasteiger partial charge in [-0.3, -0.25) is 4.79 Å². The lowest BCUT2D eigenvalue weighted by Crippen LogP contribution is -2.50.